The first kappa shape index (κ1) is 127. The van der Waals surface area contributed by atoms with Gasteiger partial charge in [0, 0.05) is 38.5 Å². The van der Waals surface area contributed by atoms with Crippen LogP contribution in [0.1, 0.15) is 191 Å². The van der Waals surface area contributed by atoms with Crippen LogP contribution in [0.25, 0.3) is 0 Å². The number of rotatable bonds is 65. The lowest BCUT2D eigenvalue weighted by molar-refractivity contribution is -0.152. The SMILES string of the molecule is CSCC[C@H](NC(=O)[C@H](Cc1c[nH]cn1)NC(=O)[C@H](CC(C)C)NC(=O)[C@H](C)NC(=O)[C@H](CC(=O)O)NC(=O)[C@H](Cc1ccc(O)cc1)NC(=O)[C@@H](NC(=O)[C@H](CC(=O)O)NC(=O)[C@H](CCCCN)NC(=O)[C@@H](NC(=O)[C@H](C)NC(=O)[C@@H](NC(=O)[C@H](CO)NC(=O)[C@H](CC(C)C)NC(=O)CN)[C@@H](C)O)[C@@H](C)O)[C@@H](C)O)C(=O)N[C@@H](CCC(N)=O)C(=O)N[C@@H](C)C(=O)N[C@@H](CC(C)C)C(=O)N1CCC[C@H]1C(=O)N1CCC[C@H]1C(=O)O. The molecule has 0 saturated carbocycles. The van der Waals surface area contributed by atoms with Crippen LogP contribution in [0, 0.1) is 17.8 Å². The number of aliphatic carboxylic acids is 3. The maximum absolute atomic E-state index is 14.7. The number of aliphatic hydroxyl groups is 4. The summed E-state index contributed by atoms with van der Waals surface area (Å²) in [6.45, 7) is 15.6. The molecule has 2 aromatic rings. The van der Waals surface area contributed by atoms with Gasteiger partial charge in [-0.2, -0.15) is 11.8 Å². The van der Waals surface area contributed by atoms with Crippen LogP contribution in [0.15, 0.2) is 36.8 Å². The number of phenolic OH excluding ortho intramolecular Hbond substituents is 1. The molecule has 55 nitrogen and oxygen atoms in total. The number of carbonyl (C=O) groups excluding carboxylic acids is 20. The van der Waals surface area contributed by atoms with Crippen molar-refractivity contribution in [2.45, 2.75) is 325 Å². The van der Waals surface area contributed by atoms with Gasteiger partial charge in [-0.05, 0) is 173 Å². The fourth-order valence-corrected chi connectivity index (χ4v) is 16.4. The Labute approximate surface area is 864 Å². The number of nitrogens with two attached hydrogens (primary N) is 3. The van der Waals surface area contributed by atoms with E-state index < -0.39 is 320 Å². The molecular weight excluding hydrogens is 1980 g/mol. The molecule has 2 fully saturated rings. The van der Waals surface area contributed by atoms with Gasteiger partial charge >= 0.3 is 17.9 Å². The van der Waals surface area contributed by atoms with Gasteiger partial charge in [-0.3, -0.25) is 105 Å². The molecule has 56 heteroatoms. The zero-order valence-electron chi connectivity index (χ0n) is 85.6. The molecule has 2 aliphatic rings. The third-order valence-electron chi connectivity index (χ3n) is 23.9. The molecule has 1 aromatic carbocycles. The highest BCUT2D eigenvalue weighted by Gasteiger charge is 2.47. The summed E-state index contributed by atoms with van der Waals surface area (Å²) in [5.41, 5.74) is 17.0. The smallest absolute Gasteiger partial charge is 0.326 e. The second-order valence-electron chi connectivity index (χ2n) is 38.0. The van der Waals surface area contributed by atoms with Crippen LogP contribution in [-0.4, -0.2) is 375 Å². The topological polar surface area (TPSA) is 872 Å². The van der Waals surface area contributed by atoms with E-state index in [1.54, 1.807) is 47.8 Å². The van der Waals surface area contributed by atoms with Gasteiger partial charge in [-0.15, -0.1) is 0 Å². The molecule has 3 heterocycles. The van der Waals surface area contributed by atoms with Gasteiger partial charge in [-0.1, -0.05) is 53.7 Å². The molecule has 0 unspecified atom stereocenters. The van der Waals surface area contributed by atoms with E-state index in [9.17, 15) is 151 Å². The number of carboxylic acids is 3. The maximum Gasteiger partial charge on any atom is 0.326 e. The van der Waals surface area contributed by atoms with Crippen LogP contribution in [0.2, 0.25) is 0 Å². The lowest BCUT2D eigenvalue weighted by atomic mass is 10.0. The van der Waals surface area contributed by atoms with Gasteiger partial charge in [0.05, 0.1) is 56.3 Å². The number of nitrogens with zero attached hydrogens (tertiary/aromatic N) is 3. The van der Waals surface area contributed by atoms with Crippen LogP contribution >= 0.6 is 11.8 Å². The number of aromatic amines is 1. The van der Waals surface area contributed by atoms with Crippen LogP contribution in [0.5, 0.6) is 5.75 Å². The molecule has 22 atom stereocenters. The standard InChI is InChI=1S/C93H148N24O31S/c1-43(2)32-58(102-69(124)39-95)82(136)112-65(41-118)87(141)115-72(49(10)119)88(142)101-48(9)77(131)113-73(50(11)120)89(143)105-55(18-14-15-28-94)79(133)108-63(38-71(127)128)86(140)114-74(51(12)121)90(144)110-60(35-52-21-23-54(122)24-22-52)84(138)109-62(37-70(125)126)81(135)100-46(7)75(129)106-59(33-44(3)4)83(137)107-61(36-53-40-97-42-98-53)85(139)104-57(27-31-149-13)80(134)103-56(25-26-68(96)123)78(132)99-47(8)76(130)111-64(34-45(5)6)91(145)116-29-16-19-66(116)92(146)117-30-17-20-67(117)93(147)148/h21-24,40,42-51,55-67,72-74,118-122H,14-20,25-39,41,94-95H2,1-13H3,(H2,96,123)(H,97,98)(H,99,132)(H,100,135)(H,101,142)(H,102,124)(H,103,134)(H,104,139)(H,105,143)(H,106,129)(H,107,137)(H,108,133)(H,109,138)(H,110,144)(H,111,130)(H,112,136)(H,113,131)(H,114,140)(H,115,141)(H,125,126)(H,127,128)(H,147,148)/t46-,47-,48-,49+,50+,51+,55-,56-,57-,58-,59-,60-,61-,62-,63-,64-,65-,66-,67-,72-,73-,74-/m0/s1. The van der Waals surface area contributed by atoms with Crippen molar-refractivity contribution in [1.82, 2.24) is 110 Å². The number of carboxylic acid groups (broad SMARTS) is 3. The Morgan fingerprint density at radius 3 is 1.23 bits per heavy atom. The van der Waals surface area contributed by atoms with Crippen LogP contribution in [0.3, 0.4) is 0 Å². The fourth-order valence-electron chi connectivity index (χ4n) is 15.9. The van der Waals surface area contributed by atoms with E-state index in [1.807, 2.05) is 0 Å². The highest BCUT2D eigenvalue weighted by atomic mass is 32.2. The van der Waals surface area contributed by atoms with Crippen LogP contribution in [-0.2, 0) is 123 Å². The molecular formula is C93H148N24O31S. The molecule has 0 spiro atoms. The van der Waals surface area contributed by atoms with Crippen molar-refractivity contribution in [3.8, 4) is 5.75 Å². The molecule has 0 radical (unpaired) electrons. The number of thioether (sulfide) groups is 1. The van der Waals surface area contributed by atoms with Crippen molar-refractivity contribution in [3.63, 3.8) is 0 Å². The number of amides is 20. The second-order valence-corrected chi connectivity index (χ2v) is 39.0. The third kappa shape index (κ3) is 43.1. The van der Waals surface area contributed by atoms with Gasteiger partial charge in [0.2, 0.25) is 118 Å². The predicted molar refractivity (Wildman–Crippen MR) is 529 cm³/mol. The fraction of sp³-hybridized carbons (Fsp3) is 0.656. The Kier molecular flexibility index (Phi) is 54.0. The van der Waals surface area contributed by atoms with Crippen molar-refractivity contribution >= 4 is 148 Å². The predicted octanol–water partition coefficient (Wildman–Crippen LogP) is -9.40. The van der Waals surface area contributed by atoms with E-state index in [0.717, 1.165) is 46.8 Å². The summed E-state index contributed by atoms with van der Waals surface area (Å²) in [5, 5.41) is 123. The summed E-state index contributed by atoms with van der Waals surface area (Å²) in [6, 6.07) is -26.8. The van der Waals surface area contributed by atoms with E-state index in [2.05, 4.69) is 100 Å². The number of H-pyrrole nitrogens is 1. The number of hydrogen-bond donors (Lipinski definition) is 29. The summed E-state index contributed by atoms with van der Waals surface area (Å²) in [4.78, 5) is 326. The minimum absolute atomic E-state index is 0.0162. The first-order valence-electron chi connectivity index (χ1n) is 49.0. The molecule has 832 valence electrons. The largest absolute Gasteiger partial charge is 0.508 e. The van der Waals surface area contributed by atoms with Crippen molar-refractivity contribution in [3.05, 3.63) is 48.0 Å². The van der Waals surface area contributed by atoms with Gasteiger partial charge in [-0.25, -0.2) is 9.78 Å². The average Bonchev–Trinajstić information content (AvgIpc) is 1.66. The molecule has 0 aliphatic carbocycles. The molecule has 32 N–H and O–H groups in total. The maximum atomic E-state index is 14.7. The van der Waals surface area contributed by atoms with Gasteiger partial charge in [0.15, 0.2) is 0 Å². The number of primary amides is 1. The summed E-state index contributed by atoms with van der Waals surface area (Å²) in [6.07, 6.45) is -4.64. The van der Waals surface area contributed by atoms with E-state index >= 15 is 0 Å². The minimum atomic E-state index is -2.22. The normalized spacial score (nSPS) is 17.4. The summed E-state index contributed by atoms with van der Waals surface area (Å²) in [7, 11) is 0. The number of aliphatic hydroxyl groups excluding tert-OH is 4. The Morgan fingerprint density at radius 2 is 0.779 bits per heavy atom. The number of hydrogen-bond acceptors (Lipinski definition) is 32. The quantitative estimate of drug-likeness (QED) is 0.0274. The summed E-state index contributed by atoms with van der Waals surface area (Å²) >= 11 is 1.24. The van der Waals surface area contributed by atoms with E-state index in [4.69, 9.17) is 17.2 Å². The lowest BCUT2D eigenvalue weighted by Gasteiger charge is -2.33. The average molecular weight is 2130 g/mol. The highest BCUT2D eigenvalue weighted by Crippen LogP contribution is 2.28. The number of likely N-dealkylation sites (tertiary alicyclic amines) is 2. The summed E-state index contributed by atoms with van der Waals surface area (Å²) < 4.78 is 0. The van der Waals surface area contributed by atoms with Gasteiger partial charge in [0.1, 0.15) is 121 Å². The number of unbranched alkanes of at least 4 members (excludes halogenated alkanes) is 1. The lowest BCUT2D eigenvalue weighted by Crippen LogP contribution is -2.63. The van der Waals surface area contributed by atoms with Crippen molar-refractivity contribution in [1.29, 1.82) is 0 Å². The number of benzene rings is 1. The molecule has 2 saturated heterocycles. The van der Waals surface area contributed by atoms with Crippen LogP contribution in [0.4, 0.5) is 0 Å². The molecule has 0 bridgehead atoms. The number of phenols is 1. The zero-order valence-corrected chi connectivity index (χ0v) is 86.4. The Morgan fingerprint density at radius 1 is 0.416 bits per heavy atom. The Hall–Kier alpha value is -13.8. The van der Waals surface area contributed by atoms with Gasteiger partial charge in [0.25, 0.3) is 0 Å². The number of imidazole rings is 1. The van der Waals surface area contributed by atoms with E-state index in [-0.39, 0.29) is 118 Å². The third-order valence-corrected chi connectivity index (χ3v) is 24.5. The first-order chi connectivity index (χ1) is 69.9. The molecule has 20 amide bonds. The monoisotopic (exact) mass is 2130 g/mol. The highest BCUT2D eigenvalue weighted by molar-refractivity contribution is 7.98. The molecule has 149 heavy (non-hydrogen) atoms. The molecule has 2 aliphatic heterocycles. The second kappa shape index (κ2) is 63.1. The number of aromatic nitrogens is 2. The van der Waals surface area contributed by atoms with Crippen molar-refractivity contribution in [2.75, 3.05) is 44.8 Å². The summed E-state index contributed by atoms with van der Waals surface area (Å²) in [5.74, 6) is -27.3. The van der Waals surface area contributed by atoms with Gasteiger partial charge < -0.3 is 163 Å². The van der Waals surface area contributed by atoms with E-state index in [0.29, 0.717) is 12.8 Å². The number of carbonyl (C=O) groups is 23. The van der Waals surface area contributed by atoms with E-state index in [1.165, 1.54) is 53.1 Å². The molecule has 4 rings (SSSR count). The Bertz CT molecular complexity index is 4940. The van der Waals surface area contributed by atoms with Crippen LogP contribution < -0.4 is 108 Å². The number of nitrogens with one attached hydrogen (secondary N) is 18. The van der Waals surface area contributed by atoms with Crippen molar-refractivity contribution < 1.29 is 151 Å². The minimum Gasteiger partial charge on any atom is -0.508 e. The molecule has 1 aromatic heterocycles. The van der Waals surface area contributed by atoms with Crippen molar-refractivity contribution in [2.24, 2.45) is 35.0 Å². The Balaban J connectivity index is 1.55. The zero-order chi connectivity index (χ0) is 112. The first-order valence-corrected chi connectivity index (χ1v) is 50.4. The number of aromatic hydroxyl groups is 1.